The van der Waals surface area contributed by atoms with E-state index in [-0.39, 0.29) is 11.9 Å². The third-order valence-electron chi connectivity index (χ3n) is 6.13. The molecule has 2 fully saturated rings. The number of carbonyl (C=O) groups excluding carboxylic acids is 1. The van der Waals surface area contributed by atoms with Crippen molar-refractivity contribution in [3.05, 3.63) is 35.4 Å². The van der Waals surface area contributed by atoms with Gasteiger partial charge < -0.3 is 15.1 Å². The molecule has 0 spiro atoms. The highest BCUT2D eigenvalue weighted by Gasteiger charge is 2.25. The van der Waals surface area contributed by atoms with Crippen molar-refractivity contribution in [2.45, 2.75) is 51.6 Å². The number of rotatable bonds is 4. The fraction of sp³-hybridized carbons (Fsp3) is 0.619. The maximum absolute atomic E-state index is 12.8. The Bertz CT molecular complexity index is 848. The van der Waals surface area contributed by atoms with E-state index in [9.17, 15) is 4.79 Å². The quantitative estimate of drug-likeness (QED) is 0.850. The Kier molecular flexibility index (Phi) is 5.80. The second kappa shape index (κ2) is 8.49. The summed E-state index contributed by atoms with van der Waals surface area (Å²) in [5, 5.41) is 7.63. The predicted molar refractivity (Wildman–Crippen MR) is 112 cm³/mol. The van der Waals surface area contributed by atoms with E-state index in [0.717, 1.165) is 63.5 Å². The van der Waals surface area contributed by atoms with Crippen LogP contribution in [0.15, 0.2) is 18.6 Å². The first-order valence-electron chi connectivity index (χ1n) is 10.6. The Morgan fingerprint density at radius 1 is 1.07 bits per heavy atom. The summed E-state index contributed by atoms with van der Waals surface area (Å²) >= 11 is 0. The number of likely N-dealkylation sites (N-methyl/N-ethyl adjacent to an activating group) is 1. The van der Waals surface area contributed by atoms with Gasteiger partial charge in [-0.1, -0.05) is 0 Å². The molecule has 3 heterocycles. The number of carbonyl (C=O) groups is 1. The van der Waals surface area contributed by atoms with E-state index in [1.165, 1.54) is 5.56 Å². The van der Waals surface area contributed by atoms with E-state index in [0.29, 0.717) is 11.6 Å². The molecule has 1 aliphatic heterocycles. The van der Waals surface area contributed by atoms with Gasteiger partial charge in [0.2, 0.25) is 5.95 Å². The molecule has 1 saturated carbocycles. The normalized spacial score (nSPS) is 23.2. The van der Waals surface area contributed by atoms with Gasteiger partial charge >= 0.3 is 0 Å². The third-order valence-corrected chi connectivity index (χ3v) is 6.13. The summed E-state index contributed by atoms with van der Waals surface area (Å²) in [4.78, 5) is 26.4. The van der Waals surface area contributed by atoms with Crippen LogP contribution >= 0.6 is 0 Å². The van der Waals surface area contributed by atoms with E-state index in [4.69, 9.17) is 0 Å². The van der Waals surface area contributed by atoms with E-state index < -0.39 is 0 Å². The van der Waals surface area contributed by atoms with Crippen LogP contribution in [0.2, 0.25) is 0 Å². The summed E-state index contributed by atoms with van der Waals surface area (Å²) in [6.45, 7) is 7.81. The number of anilines is 1. The molecule has 0 aromatic carbocycles. The lowest BCUT2D eigenvalue weighted by molar-refractivity contribution is 0.0920. The number of piperazine rings is 1. The topological polar surface area (TPSA) is 79.2 Å². The number of aryl methyl sites for hydroxylation is 2. The molecule has 1 N–H and O–H groups in total. The Labute approximate surface area is 172 Å². The highest BCUT2D eigenvalue weighted by molar-refractivity contribution is 5.95. The van der Waals surface area contributed by atoms with Crippen molar-refractivity contribution in [2.24, 2.45) is 0 Å². The Hall–Kier alpha value is -2.48. The van der Waals surface area contributed by atoms with Crippen molar-refractivity contribution in [3.8, 4) is 0 Å². The van der Waals surface area contributed by atoms with Gasteiger partial charge in [0.25, 0.3) is 5.91 Å². The van der Waals surface area contributed by atoms with Crippen LogP contribution in [0.25, 0.3) is 0 Å². The van der Waals surface area contributed by atoms with Gasteiger partial charge in [-0.15, -0.1) is 0 Å². The SMILES string of the molecule is Cc1cnn(C2CCC(NC(=O)c3cnc(N4CCN(C)CC4)nc3C)CC2)c1. The zero-order valence-corrected chi connectivity index (χ0v) is 17.6. The summed E-state index contributed by atoms with van der Waals surface area (Å²) in [5.74, 6) is 0.660. The van der Waals surface area contributed by atoms with Crippen molar-refractivity contribution < 1.29 is 4.79 Å². The second-order valence-electron chi connectivity index (χ2n) is 8.44. The lowest BCUT2D eigenvalue weighted by atomic mass is 9.91. The molecule has 2 aromatic heterocycles. The number of amides is 1. The minimum Gasteiger partial charge on any atom is -0.349 e. The van der Waals surface area contributed by atoms with Gasteiger partial charge in [-0.3, -0.25) is 9.48 Å². The molecular formula is C21H31N7O. The zero-order chi connectivity index (χ0) is 20.4. The third kappa shape index (κ3) is 4.58. The number of hydrogen-bond donors (Lipinski definition) is 1. The fourth-order valence-electron chi connectivity index (χ4n) is 4.22. The lowest BCUT2D eigenvalue weighted by Crippen LogP contribution is -2.45. The van der Waals surface area contributed by atoms with E-state index in [2.05, 4.69) is 55.0 Å². The van der Waals surface area contributed by atoms with Crippen LogP contribution in [0.5, 0.6) is 0 Å². The molecule has 0 atom stereocenters. The maximum atomic E-state index is 12.8. The molecular weight excluding hydrogens is 366 g/mol. The Morgan fingerprint density at radius 3 is 2.41 bits per heavy atom. The number of aromatic nitrogens is 4. The van der Waals surface area contributed by atoms with Crippen molar-refractivity contribution in [1.82, 2.24) is 30.0 Å². The highest BCUT2D eigenvalue weighted by Crippen LogP contribution is 2.28. The maximum Gasteiger partial charge on any atom is 0.254 e. The summed E-state index contributed by atoms with van der Waals surface area (Å²) in [6.07, 6.45) is 9.69. The van der Waals surface area contributed by atoms with Crippen LogP contribution in [0.3, 0.4) is 0 Å². The first kappa shape index (κ1) is 19.8. The molecule has 0 unspecified atom stereocenters. The average Bonchev–Trinajstić information content (AvgIpc) is 3.15. The van der Waals surface area contributed by atoms with Crippen LogP contribution in [-0.2, 0) is 0 Å². The molecule has 1 amide bonds. The van der Waals surface area contributed by atoms with Crippen LogP contribution < -0.4 is 10.2 Å². The molecule has 8 heteroatoms. The van der Waals surface area contributed by atoms with Crippen molar-refractivity contribution in [1.29, 1.82) is 0 Å². The summed E-state index contributed by atoms with van der Waals surface area (Å²) in [5.41, 5.74) is 2.51. The second-order valence-corrected chi connectivity index (χ2v) is 8.44. The predicted octanol–water partition coefficient (Wildman–Crippen LogP) is 1.96. The Morgan fingerprint density at radius 2 is 1.79 bits per heavy atom. The fourth-order valence-corrected chi connectivity index (χ4v) is 4.22. The summed E-state index contributed by atoms with van der Waals surface area (Å²) in [7, 11) is 2.13. The molecule has 2 aromatic rings. The van der Waals surface area contributed by atoms with Gasteiger partial charge in [0.15, 0.2) is 0 Å². The van der Waals surface area contributed by atoms with Gasteiger partial charge in [0.05, 0.1) is 23.5 Å². The van der Waals surface area contributed by atoms with Crippen molar-refractivity contribution in [2.75, 3.05) is 38.1 Å². The van der Waals surface area contributed by atoms with Gasteiger partial charge in [-0.2, -0.15) is 5.10 Å². The molecule has 1 saturated heterocycles. The van der Waals surface area contributed by atoms with E-state index in [1.54, 1.807) is 6.20 Å². The number of hydrogen-bond acceptors (Lipinski definition) is 6. The van der Waals surface area contributed by atoms with Crippen LogP contribution in [0.4, 0.5) is 5.95 Å². The molecule has 4 rings (SSSR count). The van der Waals surface area contributed by atoms with E-state index >= 15 is 0 Å². The number of nitrogens with one attached hydrogen (secondary N) is 1. The molecule has 1 aliphatic carbocycles. The standard InChI is InChI=1S/C21H31N7O/c1-15-12-23-28(14-15)18-6-4-17(5-7-18)25-20(29)19-13-22-21(24-16(19)2)27-10-8-26(3)9-11-27/h12-14,17-18H,4-11H2,1-3H3,(H,25,29). The summed E-state index contributed by atoms with van der Waals surface area (Å²) in [6, 6.07) is 0.636. The van der Waals surface area contributed by atoms with Crippen molar-refractivity contribution >= 4 is 11.9 Å². The highest BCUT2D eigenvalue weighted by atomic mass is 16.1. The van der Waals surface area contributed by atoms with Crippen LogP contribution in [0, 0.1) is 13.8 Å². The monoisotopic (exact) mass is 397 g/mol. The molecule has 29 heavy (non-hydrogen) atoms. The van der Waals surface area contributed by atoms with E-state index in [1.807, 2.05) is 13.1 Å². The van der Waals surface area contributed by atoms with Gasteiger partial charge in [-0.05, 0) is 52.1 Å². The first-order valence-corrected chi connectivity index (χ1v) is 10.6. The van der Waals surface area contributed by atoms with Gasteiger partial charge in [0, 0.05) is 44.6 Å². The minimum atomic E-state index is -0.0641. The first-order chi connectivity index (χ1) is 14.0. The smallest absolute Gasteiger partial charge is 0.254 e. The van der Waals surface area contributed by atoms with Crippen LogP contribution in [0.1, 0.15) is 53.3 Å². The lowest BCUT2D eigenvalue weighted by Gasteiger charge is -2.32. The molecule has 156 valence electrons. The van der Waals surface area contributed by atoms with Gasteiger partial charge in [0.1, 0.15) is 0 Å². The minimum absolute atomic E-state index is 0.0641. The Balaban J connectivity index is 1.33. The van der Waals surface area contributed by atoms with Crippen LogP contribution in [-0.4, -0.2) is 69.8 Å². The molecule has 0 bridgehead atoms. The summed E-state index contributed by atoms with van der Waals surface area (Å²) < 4.78 is 2.07. The van der Waals surface area contributed by atoms with Gasteiger partial charge in [-0.25, -0.2) is 9.97 Å². The molecule has 8 nitrogen and oxygen atoms in total. The number of nitrogens with zero attached hydrogens (tertiary/aromatic N) is 6. The molecule has 2 aliphatic rings. The largest absolute Gasteiger partial charge is 0.349 e. The van der Waals surface area contributed by atoms with Crippen molar-refractivity contribution in [3.63, 3.8) is 0 Å². The average molecular weight is 398 g/mol. The zero-order valence-electron chi connectivity index (χ0n) is 17.6. The molecule has 0 radical (unpaired) electrons.